The van der Waals surface area contributed by atoms with Crippen LogP contribution in [0.4, 0.5) is 0 Å². The molecule has 2 atom stereocenters. The maximum atomic E-state index is 12.9. The van der Waals surface area contributed by atoms with Gasteiger partial charge in [0.15, 0.2) is 0 Å². The molecule has 0 aliphatic carbocycles. The Labute approximate surface area is 137 Å². The zero-order chi connectivity index (χ0) is 16.5. The van der Waals surface area contributed by atoms with Crippen molar-refractivity contribution in [3.63, 3.8) is 0 Å². The summed E-state index contributed by atoms with van der Waals surface area (Å²) in [6, 6.07) is 3.46. The minimum Gasteiger partial charge on any atom is -0.383 e. The van der Waals surface area contributed by atoms with E-state index in [1.807, 2.05) is 6.07 Å². The second-order valence-electron chi connectivity index (χ2n) is 6.65. The summed E-state index contributed by atoms with van der Waals surface area (Å²) < 4.78 is 38.4. The first kappa shape index (κ1) is 17.9. The molecule has 0 radical (unpaired) electrons. The summed E-state index contributed by atoms with van der Waals surface area (Å²) in [7, 11) is -0.291. The fraction of sp³-hybridized carbons (Fsp3) is 0.733. The van der Waals surface area contributed by atoms with E-state index in [4.69, 9.17) is 9.47 Å². The van der Waals surface area contributed by atoms with Gasteiger partial charge in [-0.05, 0) is 24.0 Å². The average molecular weight is 348 g/mol. The van der Waals surface area contributed by atoms with E-state index in [2.05, 4.69) is 20.8 Å². The Hall–Kier alpha value is -0.470. The third-order valence-corrected chi connectivity index (χ3v) is 7.80. The number of rotatable bonds is 5. The van der Waals surface area contributed by atoms with E-state index in [1.54, 1.807) is 20.3 Å². The van der Waals surface area contributed by atoms with Crippen LogP contribution < -0.4 is 0 Å². The minimum atomic E-state index is -3.50. The quantitative estimate of drug-likeness (QED) is 0.821. The van der Waals surface area contributed by atoms with Gasteiger partial charge in [-0.25, -0.2) is 8.42 Å². The summed E-state index contributed by atoms with van der Waals surface area (Å²) in [5, 5.41) is 0. The Morgan fingerprint density at radius 2 is 2.00 bits per heavy atom. The van der Waals surface area contributed by atoms with Crippen LogP contribution in [0.15, 0.2) is 16.3 Å². The molecule has 1 aliphatic heterocycles. The van der Waals surface area contributed by atoms with E-state index in [1.165, 1.54) is 15.6 Å². The molecular formula is C15H25NO4S2. The molecule has 0 saturated carbocycles. The Morgan fingerprint density at radius 1 is 1.32 bits per heavy atom. The molecule has 0 unspecified atom stereocenters. The van der Waals surface area contributed by atoms with Crippen molar-refractivity contribution >= 4 is 21.4 Å². The fourth-order valence-corrected chi connectivity index (χ4v) is 5.78. The molecule has 1 aliphatic rings. The third-order valence-electron chi connectivity index (χ3n) is 3.90. The lowest BCUT2D eigenvalue weighted by Gasteiger charge is -2.22. The second kappa shape index (κ2) is 6.57. The van der Waals surface area contributed by atoms with E-state index in [0.717, 1.165) is 4.88 Å². The molecule has 22 heavy (non-hydrogen) atoms. The lowest BCUT2D eigenvalue weighted by atomic mass is 9.95. The molecule has 1 aromatic rings. The van der Waals surface area contributed by atoms with Gasteiger partial charge in [0.05, 0.1) is 18.8 Å². The summed E-state index contributed by atoms with van der Waals surface area (Å²) in [5.74, 6) is 0. The molecule has 0 aromatic carbocycles. The zero-order valence-corrected chi connectivity index (χ0v) is 15.5. The monoisotopic (exact) mass is 347 g/mol. The minimum absolute atomic E-state index is 0.0511. The lowest BCUT2D eigenvalue weighted by molar-refractivity contribution is 0.110. The number of nitrogens with zero attached hydrogens (tertiary/aromatic N) is 1. The summed E-state index contributed by atoms with van der Waals surface area (Å²) in [6.07, 6.45) is 0.595. The number of ether oxygens (including phenoxy) is 2. The van der Waals surface area contributed by atoms with Crippen molar-refractivity contribution in [1.82, 2.24) is 4.31 Å². The smallest absolute Gasteiger partial charge is 0.252 e. The Bertz CT molecular complexity index is 603. The molecule has 7 heteroatoms. The maximum absolute atomic E-state index is 12.9. The van der Waals surface area contributed by atoms with Crippen LogP contribution >= 0.6 is 11.3 Å². The van der Waals surface area contributed by atoms with Gasteiger partial charge in [-0.3, -0.25) is 0 Å². The third kappa shape index (κ3) is 3.54. The average Bonchev–Trinajstić information content (AvgIpc) is 3.05. The first-order chi connectivity index (χ1) is 10.2. The first-order valence-electron chi connectivity index (χ1n) is 7.34. The normalized spacial score (nSPS) is 24.0. The highest BCUT2D eigenvalue weighted by Gasteiger charge is 2.41. The van der Waals surface area contributed by atoms with Gasteiger partial charge < -0.3 is 9.47 Å². The highest BCUT2D eigenvalue weighted by atomic mass is 32.2. The van der Waals surface area contributed by atoms with Crippen molar-refractivity contribution in [3.8, 4) is 0 Å². The molecule has 1 saturated heterocycles. The zero-order valence-electron chi connectivity index (χ0n) is 13.8. The van der Waals surface area contributed by atoms with Gasteiger partial charge in [0.25, 0.3) is 10.0 Å². The van der Waals surface area contributed by atoms with Crippen LogP contribution in [-0.4, -0.2) is 52.2 Å². The van der Waals surface area contributed by atoms with Crippen LogP contribution in [0, 0.1) is 0 Å². The molecule has 1 fully saturated rings. The van der Waals surface area contributed by atoms with E-state index in [9.17, 15) is 8.42 Å². The number of sulfonamides is 1. The van der Waals surface area contributed by atoms with E-state index in [-0.39, 0.29) is 17.6 Å². The number of thiophene rings is 1. The van der Waals surface area contributed by atoms with Crippen LogP contribution in [0.1, 0.15) is 32.1 Å². The Kier molecular flexibility index (Phi) is 5.34. The van der Waals surface area contributed by atoms with Crippen LogP contribution in [0.2, 0.25) is 0 Å². The van der Waals surface area contributed by atoms with Crippen LogP contribution in [0.3, 0.4) is 0 Å². The van der Waals surface area contributed by atoms with Crippen LogP contribution in [0.5, 0.6) is 0 Å². The molecule has 1 aromatic heterocycles. The molecule has 2 heterocycles. The fourth-order valence-electron chi connectivity index (χ4n) is 2.63. The van der Waals surface area contributed by atoms with Gasteiger partial charge in [-0.1, -0.05) is 20.8 Å². The van der Waals surface area contributed by atoms with Gasteiger partial charge in [-0.15, -0.1) is 11.3 Å². The van der Waals surface area contributed by atoms with Crippen LogP contribution in [0.25, 0.3) is 0 Å². The molecule has 5 nitrogen and oxygen atoms in total. The predicted molar refractivity (Wildman–Crippen MR) is 88.0 cm³/mol. The summed E-state index contributed by atoms with van der Waals surface area (Å²) in [4.78, 5) is 1.07. The van der Waals surface area contributed by atoms with E-state index in [0.29, 0.717) is 23.8 Å². The molecule has 126 valence electrons. The largest absolute Gasteiger partial charge is 0.383 e. The van der Waals surface area contributed by atoms with Crippen molar-refractivity contribution in [2.24, 2.45) is 0 Å². The topological polar surface area (TPSA) is 55.8 Å². The van der Waals surface area contributed by atoms with E-state index >= 15 is 0 Å². The molecule has 0 spiro atoms. The van der Waals surface area contributed by atoms with Gasteiger partial charge in [0.1, 0.15) is 4.21 Å². The summed E-state index contributed by atoms with van der Waals surface area (Å²) in [5.41, 5.74) is -0.0511. The molecule has 0 bridgehead atoms. The van der Waals surface area contributed by atoms with Crippen molar-refractivity contribution < 1.29 is 17.9 Å². The number of hydrogen-bond acceptors (Lipinski definition) is 5. The van der Waals surface area contributed by atoms with Crippen molar-refractivity contribution in [1.29, 1.82) is 0 Å². The first-order valence-corrected chi connectivity index (χ1v) is 9.59. The Balaban J connectivity index is 2.30. The summed E-state index contributed by atoms with van der Waals surface area (Å²) in [6.45, 7) is 7.02. The van der Waals surface area contributed by atoms with Gasteiger partial charge >= 0.3 is 0 Å². The van der Waals surface area contributed by atoms with Crippen LogP contribution in [-0.2, 0) is 24.9 Å². The maximum Gasteiger partial charge on any atom is 0.252 e. The van der Waals surface area contributed by atoms with E-state index < -0.39 is 10.0 Å². The van der Waals surface area contributed by atoms with Crippen molar-refractivity contribution in [2.75, 3.05) is 27.4 Å². The molecule has 0 amide bonds. The predicted octanol–water partition coefficient (Wildman–Crippen LogP) is 2.47. The SMILES string of the molecule is COC[C@@H]1C[C@H](OC)CN1S(=O)(=O)c1ccc(C(C)(C)C)s1. The Morgan fingerprint density at radius 3 is 2.50 bits per heavy atom. The highest BCUT2D eigenvalue weighted by Crippen LogP contribution is 2.35. The summed E-state index contributed by atoms with van der Waals surface area (Å²) >= 11 is 1.35. The van der Waals surface area contributed by atoms with Gasteiger partial charge in [0, 0.05) is 25.6 Å². The standard InChI is InChI=1S/C15H25NO4S2/c1-15(2,3)13-6-7-14(21-13)22(17,18)16-9-12(20-5)8-11(16)10-19-4/h6-7,11-12H,8-10H2,1-5H3/t11-,12-/m0/s1. The number of methoxy groups -OCH3 is 2. The molecule has 0 N–H and O–H groups in total. The molecule has 2 rings (SSSR count). The van der Waals surface area contributed by atoms with Crippen molar-refractivity contribution in [2.45, 2.75) is 49.0 Å². The van der Waals surface area contributed by atoms with Gasteiger partial charge in [-0.2, -0.15) is 4.31 Å². The highest BCUT2D eigenvalue weighted by molar-refractivity contribution is 7.91. The lowest BCUT2D eigenvalue weighted by Crippen LogP contribution is -2.38. The number of hydrogen-bond donors (Lipinski definition) is 0. The second-order valence-corrected chi connectivity index (χ2v) is 9.85. The van der Waals surface area contributed by atoms with Gasteiger partial charge in [0.2, 0.25) is 0 Å². The van der Waals surface area contributed by atoms with Crippen molar-refractivity contribution in [3.05, 3.63) is 17.0 Å². The molecular weight excluding hydrogens is 322 g/mol.